The van der Waals surface area contributed by atoms with Crippen LogP contribution in [-0.2, 0) is 12.0 Å². The fourth-order valence-corrected chi connectivity index (χ4v) is 4.21. The Morgan fingerprint density at radius 3 is 2.34 bits per heavy atom. The predicted molar refractivity (Wildman–Crippen MR) is 120 cm³/mol. The number of pyridine rings is 1. The Balaban J connectivity index is 1.51. The number of likely N-dealkylation sites (tertiary alicyclic amines) is 1. The predicted octanol–water partition coefficient (Wildman–Crippen LogP) is 1.93. The molecule has 32 heavy (non-hydrogen) atoms. The Bertz CT molecular complexity index is 1070. The van der Waals surface area contributed by atoms with Crippen LogP contribution in [0.1, 0.15) is 44.9 Å². The van der Waals surface area contributed by atoms with Gasteiger partial charge in [-0.3, -0.25) is 19.6 Å². The fourth-order valence-electron chi connectivity index (χ4n) is 4.21. The Morgan fingerprint density at radius 1 is 0.969 bits per heavy atom. The summed E-state index contributed by atoms with van der Waals surface area (Å²) in [5.74, 6) is -0.283. The zero-order chi connectivity index (χ0) is 22.4. The third-order valence-corrected chi connectivity index (χ3v) is 6.09. The number of benzene rings is 1. The van der Waals surface area contributed by atoms with Gasteiger partial charge in [0.05, 0.1) is 5.69 Å². The monoisotopic (exact) mass is 430 g/mol. The number of piperidine rings is 1. The second-order valence-electron chi connectivity index (χ2n) is 7.91. The molecule has 0 atom stereocenters. The maximum absolute atomic E-state index is 12.9. The summed E-state index contributed by atoms with van der Waals surface area (Å²) in [6, 6.07) is 13.6. The van der Waals surface area contributed by atoms with Gasteiger partial charge in [-0.1, -0.05) is 30.3 Å². The second-order valence-corrected chi connectivity index (χ2v) is 7.91. The third-order valence-electron chi connectivity index (χ3n) is 6.09. The number of nitrogens with two attached hydrogens (primary N) is 1. The smallest absolute Gasteiger partial charge is 0.271 e. The molecule has 3 N–H and O–H groups in total. The van der Waals surface area contributed by atoms with Crippen LogP contribution in [0.3, 0.4) is 0 Å². The molecule has 4 rings (SSSR count). The van der Waals surface area contributed by atoms with Crippen LogP contribution in [0.4, 0.5) is 0 Å². The van der Waals surface area contributed by atoms with E-state index in [2.05, 4.69) is 32.4 Å². The lowest BCUT2D eigenvalue weighted by molar-refractivity contribution is 0.0656. The van der Waals surface area contributed by atoms with Crippen LogP contribution in [0.25, 0.3) is 0 Å². The third kappa shape index (κ3) is 4.50. The standard InChI is InChI=1S/C24H26N6O2/c25-16-20-21(28-13-12-27-20)22(31)29-17-24(19-4-2-1-3-5-19)8-14-30(15-9-24)23(32)18-6-10-26-11-7-18/h1-7,10-13H,8-9,14-17,25H2,(H,29,31). The first-order valence-electron chi connectivity index (χ1n) is 10.7. The molecule has 0 bridgehead atoms. The van der Waals surface area contributed by atoms with Crippen LogP contribution < -0.4 is 11.1 Å². The van der Waals surface area contributed by atoms with Gasteiger partial charge in [-0.2, -0.15) is 0 Å². The first-order valence-corrected chi connectivity index (χ1v) is 10.7. The number of hydrogen-bond acceptors (Lipinski definition) is 6. The van der Waals surface area contributed by atoms with Gasteiger partial charge in [0, 0.05) is 61.9 Å². The molecule has 2 aromatic heterocycles. The topological polar surface area (TPSA) is 114 Å². The van der Waals surface area contributed by atoms with Crippen LogP contribution in [0.2, 0.25) is 0 Å². The molecule has 1 fully saturated rings. The van der Waals surface area contributed by atoms with Gasteiger partial charge in [0.25, 0.3) is 11.8 Å². The van der Waals surface area contributed by atoms with Crippen molar-refractivity contribution < 1.29 is 9.59 Å². The molecular formula is C24H26N6O2. The Labute approximate surface area is 186 Å². The van der Waals surface area contributed by atoms with E-state index < -0.39 is 0 Å². The molecule has 1 aromatic carbocycles. The molecule has 2 amide bonds. The highest BCUT2D eigenvalue weighted by Gasteiger charge is 2.38. The Kier molecular flexibility index (Phi) is 6.51. The number of carbonyl (C=O) groups excluding carboxylic acids is 2. The lowest BCUT2D eigenvalue weighted by atomic mass is 9.72. The molecule has 3 heterocycles. The first-order chi connectivity index (χ1) is 15.6. The number of nitrogens with one attached hydrogen (secondary N) is 1. The Hall–Kier alpha value is -3.65. The first kappa shape index (κ1) is 21.6. The number of aromatic nitrogens is 3. The summed E-state index contributed by atoms with van der Waals surface area (Å²) in [5.41, 5.74) is 7.94. The molecule has 8 nitrogen and oxygen atoms in total. The van der Waals surface area contributed by atoms with Gasteiger partial charge >= 0.3 is 0 Å². The van der Waals surface area contributed by atoms with Crippen LogP contribution in [0.15, 0.2) is 67.3 Å². The van der Waals surface area contributed by atoms with Gasteiger partial charge in [-0.25, -0.2) is 4.98 Å². The van der Waals surface area contributed by atoms with Crippen molar-refractivity contribution in [3.8, 4) is 0 Å². The van der Waals surface area contributed by atoms with E-state index in [-0.39, 0.29) is 29.5 Å². The number of hydrogen-bond donors (Lipinski definition) is 2. The zero-order valence-corrected chi connectivity index (χ0v) is 17.8. The van der Waals surface area contributed by atoms with E-state index in [0.717, 1.165) is 18.4 Å². The fraction of sp³-hybridized carbons (Fsp3) is 0.292. The molecule has 164 valence electrons. The second kappa shape index (κ2) is 9.65. The summed E-state index contributed by atoms with van der Waals surface area (Å²) < 4.78 is 0. The molecule has 0 aliphatic carbocycles. The molecule has 1 aliphatic rings. The van der Waals surface area contributed by atoms with Crippen molar-refractivity contribution in [2.24, 2.45) is 5.73 Å². The van der Waals surface area contributed by atoms with Crippen molar-refractivity contribution >= 4 is 11.8 Å². The number of rotatable bonds is 6. The number of nitrogens with zero attached hydrogens (tertiary/aromatic N) is 4. The van der Waals surface area contributed by atoms with Gasteiger partial charge in [0.1, 0.15) is 0 Å². The van der Waals surface area contributed by atoms with Crippen molar-refractivity contribution in [1.82, 2.24) is 25.2 Å². The molecular weight excluding hydrogens is 404 g/mol. The summed E-state index contributed by atoms with van der Waals surface area (Å²) in [7, 11) is 0. The van der Waals surface area contributed by atoms with Crippen LogP contribution in [0, 0.1) is 0 Å². The van der Waals surface area contributed by atoms with Crippen LogP contribution >= 0.6 is 0 Å². The highest BCUT2D eigenvalue weighted by atomic mass is 16.2. The van der Waals surface area contributed by atoms with E-state index in [0.29, 0.717) is 30.9 Å². The highest BCUT2D eigenvalue weighted by Crippen LogP contribution is 2.35. The van der Waals surface area contributed by atoms with Gasteiger partial charge in [-0.05, 0) is 30.5 Å². The minimum absolute atomic E-state index is 0.00486. The van der Waals surface area contributed by atoms with Crippen molar-refractivity contribution in [2.75, 3.05) is 19.6 Å². The summed E-state index contributed by atoms with van der Waals surface area (Å²) >= 11 is 0. The summed E-state index contributed by atoms with van der Waals surface area (Å²) in [4.78, 5) is 39.9. The van der Waals surface area contributed by atoms with Crippen LogP contribution in [-0.4, -0.2) is 51.3 Å². The quantitative estimate of drug-likeness (QED) is 0.618. The minimum Gasteiger partial charge on any atom is -0.350 e. The van der Waals surface area contributed by atoms with E-state index in [4.69, 9.17) is 5.73 Å². The summed E-state index contributed by atoms with van der Waals surface area (Å²) in [6.07, 6.45) is 7.74. The van der Waals surface area contributed by atoms with Crippen LogP contribution in [0.5, 0.6) is 0 Å². The van der Waals surface area contributed by atoms with Crippen molar-refractivity contribution in [3.63, 3.8) is 0 Å². The molecule has 8 heteroatoms. The SMILES string of the molecule is NCc1nccnc1C(=O)NCC1(c2ccccc2)CCN(C(=O)c2ccncc2)CC1. The maximum Gasteiger partial charge on any atom is 0.271 e. The highest BCUT2D eigenvalue weighted by molar-refractivity contribution is 5.94. The molecule has 0 saturated carbocycles. The Morgan fingerprint density at radius 2 is 1.66 bits per heavy atom. The number of carbonyl (C=O) groups is 2. The van der Waals surface area contributed by atoms with E-state index in [1.165, 1.54) is 12.4 Å². The van der Waals surface area contributed by atoms with Crippen molar-refractivity contribution in [1.29, 1.82) is 0 Å². The zero-order valence-electron chi connectivity index (χ0n) is 17.8. The van der Waals surface area contributed by atoms with Gasteiger partial charge in [0.2, 0.25) is 0 Å². The largest absolute Gasteiger partial charge is 0.350 e. The molecule has 0 spiro atoms. The molecule has 1 saturated heterocycles. The average molecular weight is 431 g/mol. The van der Waals surface area contributed by atoms with Crippen molar-refractivity contribution in [3.05, 3.63) is 89.8 Å². The number of amides is 2. The maximum atomic E-state index is 12.9. The molecule has 0 unspecified atom stereocenters. The minimum atomic E-state index is -0.288. The van der Waals surface area contributed by atoms with E-state index >= 15 is 0 Å². The lowest BCUT2D eigenvalue weighted by Gasteiger charge is -2.42. The van der Waals surface area contributed by atoms with E-state index in [9.17, 15) is 9.59 Å². The van der Waals surface area contributed by atoms with Gasteiger partial charge in [0.15, 0.2) is 5.69 Å². The molecule has 0 radical (unpaired) electrons. The lowest BCUT2D eigenvalue weighted by Crippen LogP contribution is -2.50. The normalized spacial score (nSPS) is 15.2. The summed E-state index contributed by atoms with van der Waals surface area (Å²) in [6.45, 7) is 1.79. The van der Waals surface area contributed by atoms with Gasteiger partial charge < -0.3 is 16.0 Å². The molecule has 1 aliphatic heterocycles. The van der Waals surface area contributed by atoms with E-state index in [1.54, 1.807) is 24.5 Å². The average Bonchev–Trinajstić information content (AvgIpc) is 2.88. The molecule has 3 aromatic rings. The summed E-state index contributed by atoms with van der Waals surface area (Å²) in [5, 5.41) is 3.05. The van der Waals surface area contributed by atoms with Gasteiger partial charge in [-0.15, -0.1) is 0 Å². The van der Waals surface area contributed by atoms with E-state index in [1.807, 2.05) is 23.1 Å². The van der Waals surface area contributed by atoms with Crippen molar-refractivity contribution in [2.45, 2.75) is 24.8 Å².